The Bertz CT molecular complexity index is 596. The van der Waals surface area contributed by atoms with Crippen LogP contribution < -0.4 is 10.6 Å². The third-order valence-corrected chi connectivity index (χ3v) is 4.68. The minimum atomic E-state index is -0.421. The van der Waals surface area contributed by atoms with Crippen molar-refractivity contribution in [3.63, 3.8) is 0 Å². The number of hydrogen-bond acceptors (Lipinski definition) is 5. The van der Waals surface area contributed by atoms with Gasteiger partial charge < -0.3 is 29.7 Å². The lowest BCUT2D eigenvalue weighted by Gasteiger charge is -2.28. The van der Waals surface area contributed by atoms with Crippen molar-refractivity contribution in [2.75, 3.05) is 60.1 Å². The number of hydrogen-bond donors (Lipinski definition) is 3. The van der Waals surface area contributed by atoms with E-state index >= 15 is 0 Å². The fraction of sp³-hybridized carbons (Fsp3) is 0.636. The molecular formula is C22H38N3O5+. The van der Waals surface area contributed by atoms with Gasteiger partial charge in [0.25, 0.3) is 0 Å². The maximum Gasteiger partial charge on any atom is 0.407 e. The number of quaternary nitrogens is 1. The highest BCUT2D eigenvalue weighted by Gasteiger charge is 2.13. The highest BCUT2D eigenvalue weighted by molar-refractivity contribution is 5.75. The smallest absolute Gasteiger partial charge is 0.407 e. The summed E-state index contributed by atoms with van der Waals surface area (Å²) in [5.74, 6) is 0.0187. The molecule has 8 nitrogen and oxygen atoms in total. The van der Waals surface area contributed by atoms with Gasteiger partial charge in [0, 0.05) is 19.5 Å². The first-order valence-corrected chi connectivity index (χ1v) is 10.6. The number of likely N-dealkylation sites (N-methyl/N-ethyl adjacent to an activating group) is 1. The van der Waals surface area contributed by atoms with E-state index in [2.05, 4.69) is 10.6 Å². The fourth-order valence-corrected chi connectivity index (χ4v) is 2.70. The normalized spacial score (nSPS) is 11.2. The molecule has 0 radical (unpaired) electrons. The van der Waals surface area contributed by atoms with Crippen molar-refractivity contribution in [3.05, 3.63) is 35.9 Å². The second-order valence-electron chi connectivity index (χ2n) is 7.87. The molecule has 0 aromatic heterocycles. The average Bonchev–Trinajstić information content (AvgIpc) is 2.72. The molecular weight excluding hydrogens is 386 g/mol. The Hall–Kier alpha value is -2.16. The summed E-state index contributed by atoms with van der Waals surface area (Å²) in [5, 5.41) is 14.5. The number of aliphatic hydroxyl groups is 1. The van der Waals surface area contributed by atoms with Crippen molar-refractivity contribution >= 4 is 12.0 Å². The number of nitrogens with zero attached hydrogens (tertiary/aromatic N) is 1. The zero-order valence-corrected chi connectivity index (χ0v) is 18.4. The molecule has 0 aliphatic heterocycles. The lowest BCUT2D eigenvalue weighted by Crippen LogP contribution is -2.44. The number of carbonyl (C=O) groups is 2. The summed E-state index contributed by atoms with van der Waals surface area (Å²) >= 11 is 0. The first-order valence-electron chi connectivity index (χ1n) is 10.6. The number of ether oxygens (including phenoxy) is 2. The summed E-state index contributed by atoms with van der Waals surface area (Å²) in [6.07, 6.45) is 2.49. The summed E-state index contributed by atoms with van der Waals surface area (Å²) in [5.41, 5.74) is 0.953. The summed E-state index contributed by atoms with van der Waals surface area (Å²) in [6, 6.07) is 9.54. The molecule has 1 aromatic rings. The third kappa shape index (κ3) is 13.9. The largest absolute Gasteiger partial charge is 0.445 e. The summed E-state index contributed by atoms with van der Waals surface area (Å²) < 4.78 is 11.4. The van der Waals surface area contributed by atoms with Crippen molar-refractivity contribution < 1.29 is 28.7 Å². The van der Waals surface area contributed by atoms with Gasteiger partial charge >= 0.3 is 6.09 Å². The van der Waals surface area contributed by atoms with E-state index in [0.717, 1.165) is 31.4 Å². The highest BCUT2D eigenvalue weighted by atomic mass is 16.5. The molecule has 0 saturated heterocycles. The van der Waals surface area contributed by atoms with Crippen LogP contribution in [0.3, 0.4) is 0 Å². The molecule has 30 heavy (non-hydrogen) atoms. The molecule has 0 spiro atoms. The molecule has 1 rings (SSSR count). The van der Waals surface area contributed by atoms with Gasteiger partial charge in [-0.3, -0.25) is 4.79 Å². The topological polar surface area (TPSA) is 96.9 Å². The van der Waals surface area contributed by atoms with Gasteiger partial charge in [0.2, 0.25) is 5.91 Å². The van der Waals surface area contributed by atoms with E-state index < -0.39 is 6.09 Å². The molecule has 0 aliphatic rings. The molecule has 0 aliphatic carbocycles. The SMILES string of the molecule is C[N+](C)(CCO)CCOCCNC(=O)CCCCCNC(=O)OCc1ccccc1. The number of alkyl carbamates (subject to hydrolysis) is 1. The predicted octanol–water partition coefficient (Wildman–Crippen LogP) is 1.67. The van der Waals surface area contributed by atoms with Crippen LogP contribution in [0.4, 0.5) is 4.79 Å². The van der Waals surface area contributed by atoms with Gasteiger partial charge in [0.1, 0.15) is 19.7 Å². The standard InChI is InChI=1S/C22H37N3O5/c1-25(2,14-16-26)15-18-29-17-13-23-21(27)11-7-4-8-12-24-22(28)30-19-20-9-5-3-6-10-20/h3,5-6,9-10,26H,4,7-8,11-19H2,1-2H3,(H-,23,24,27,28)/p+1. The van der Waals surface area contributed by atoms with Crippen LogP contribution in [0.15, 0.2) is 30.3 Å². The predicted molar refractivity (Wildman–Crippen MR) is 116 cm³/mol. The van der Waals surface area contributed by atoms with Crippen molar-refractivity contribution in [1.29, 1.82) is 0 Å². The Kier molecular flexibility index (Phi) is 13.5. The molecule has 0 unspecified atom stereocenters. The highest BCUT2D eigenvalue weighted by Crippen LogP contribution is 2.02. The first-order chi connectivity index (χ1) is 14.4. The van der Waals surface area contributed by atoms with Crippen LogP contribution in [0, 0.1) is 0 Å². The molecule has 170 valence electrons. The minimum Gasteiger partial charge on any atom is -0.445 e. The number of benzene rings is 1. The van der Waals surface area contributed by atoms with E-state index in [-0.39, 0.29) is 19.1 Å². The van der Waals surface area contributed by atoms with Crippen LogP contribution in [-0.4, -0.2) is 81.7 Å². The Morgan fingerprint density at radius 3 is 2.47 bits per heavy atom. The van der Waals surface area contributed by atoms with E-state index in [0.29, 0.717) is 43.8 Å². The van der Waals surface area contributed by atoms with Crippen molar-refractivity contribution in [1.82, 2.24) is 10.6 Å². The van der Waals surface area contributed by atoms with Gasteiger partial charge in [0.05, 0.1) is 33.9 Å². The minimum absolute atomic E-state index is 0.0187. The van der Waals surface area contributed by atoms with Crippen LogP contribution in [0.5, 0.6) is 0 Å². The molecule has 2 amide bonds. The monoisotopic (exact) mass is 424 g/mol. The van der Waals surface area contributed by atoms with Crippen molar-refractivity contribution in [3.8, 4) is 0 Å². The zero-order valence-electron chi connectivity index (χ0n) is 18.4. The molecule has 0 heterocycles. The van der Waals surface area contributed by atoms with Crippen LogP contribution >= 0.6 is 0 Å². The van der Waals surface area contributed by atoms with Crippen molar-refractivity contribution in [2.45, 2.75) is 32.3 Å². The van der Waals surface area contributed by atoms with Gasteiger partial charge in [-0.2, -0.15) is 0 Å². The van der Waals surface area contributed by atoms with E-state index in [1.807, 2.05) is 44.4 Å². The summed E-state index contributed by atoms with van der Waals surface area (Å²) in [4.78, 5) is 23.4. The van der Waals surface area contributed by atoms with Crippen LogP contribution in [0.2, 0.25) is 0 Å². The second-order valence-corrected chi connectivity index (χ2v) is 7.87. The molecule has 3 N–H and O–H groups in total. The first kappa shape index (κ1) is 25.9. The quantitative estimate of drug-likeness (QED) is 0.277. The molecule has 1 aromatic carbocycles. The lowest BCUT2D eigenvalue weighted by molar-refractivity contribution is -0.891. The van der Waals surface area contributed by atoms with E-state index in [9.17, 15) is 9.59 Å². The molecule has 0 saturated carbocycles. The Morgan fingerprint density at radius 2 is 1.73 bits per heavy atom. The Balaban J connectivity index is 1.90. The van der Waals surface area contributed by atoms with E-state index in [1.54, 1.807) is 0 Å². The Labute approximate surface area is 180 Å². The van der Waals surface area contributed by atoms with Gasteiger partial charge in [-0.25, -0.2) is 4.79 Å². The van der Waals surface area contributed by atoms with Gasteiger partial charge in [-0.15, -0.1) is 0 Å². The second kappa shape index (κ2) is 15.6. The van der Waals surface area contributed by atoms with Crippen LogP contribution in [-0.2, 0) is 20.9 Å². The zero-order chi connectivity index (χ0) is 22.1. The molecule has 0 atom stereocenters. The van der Waals surface area contributed by atoms with Gasteiger partial charge in [-0.1, -0.05) is 36.8 Å². The van der Waals surface area contributed by atoms with Gasteiger partial charge in [0.15, 0.2) is 0 Å². The van der Waals surface area contributed by atoms with E-state index in [4.69, 9.17) is 14.6 Å². The Morgan fingerprint density at radius 1 is 0.967 bits per heavy atom. The lowest BCUT2D eigenvalue weighted by atomic mass is 10.2. The van der Waals surface area contributed by atoms with Crippen molar-refractivity contribution in [2.24, 2.45) is 0 Å². The van der Waals surface area contributed by atoms with Crippen LogP contribution in [0.25, 0.3) is 0 Å². The molecule has 8 heteroatoms. The average molecular weight is 425 g/mol. The van der Waals surface area contributed by atoms with Gasteiger partial charge in [-0.05, 0) is 18.4 Å². The maximum atomic E-state index is 11.8. The van der Waals surface area contributed by atoms with E-state index in [1.165, 1.54) is 0 Å². The maximum absolute atomic E-state index is 11.8. The summed E-state index contributed by atoms with van der Waals surface area (Å²) in [6.45, 7) is 4.07. The third-order valence-electron chi connectivity index (χ3n) is 4.68. The number of carbonyl (C=O) groups excluding carboxylic acids is 2. The summed E-state index contributed by atoms with van der Waals surface area (Å²) in [7, 11) is 4.09. The number of unbranched alkanes of at least 4 members (excludes halogenated alkanes) is 2. The molecule has 0 fully saturated rings. The number of aliphatic hydroxyl groups excluding tert-OH is 1. The fourth-order valence-electron chi connectivity index (χ4n) is 2.70. The molecule has 0 bridgehead atoms. The number of amides is 2. The number of rotatable bonds is 16. The van der Waals surface area contributed by atoms with Crippen LogP contribution in [0.1, 0.15) is 31.2 Å². The number of nitrogens with one attached hydrogen (secondary N) is 2.